The zero-order chi connectivity index (χ0) is 14.2. The van der Waals surface area contributed by atoms with Crippen molar-refractivity contribution in [1.29, 1.82) is 0 Å². The molecule has 0 aliphatic rings. The Morgan fingerprint density at radius 2 is 1.44 bits per heavy atom. The van der Waals surface area contributed by atoms with Gasteiger partial charge in [0.25, 0.3) is 0 Å². The molecule has 0 fully saturated rings. The second-order valence-corrected chi connectivity index (χ2v) is 11.4. The summed E-state index contributed by atoms with van der Waals surface area (Å²) in [6.45, 7) is 12.8. The summed E-state index contributed by atoms with van der Waals surface area (Å²) in [6.07, 6.45) is 3.49. The molecule has 0 amide bonds. The van der Waals surface area contributed by atoms with Gasteiger partial charge in [0.2, 0.25) is 5.69 Å². The molecular formula is C13H29O2PS2. The molecule has 2 nitrogen and oxygen atoms in total. The minimum atomic E-state index is -2.17. The van der Waals surface area contributed by atoms with Crippen LogP contribution in [0.25, 0.3) is 0 Å². The van der Waals surface area contributed by atoms with E-state index >= 15 is 0 Å². The van der Waals surface area contributed by atoms with Gasteiger partial charge in [0, 0.05) is 5.75 Å². The van der Waals surface area contributed by atoms with Crippen LogP contribution >= 0.6 is 17.1 Å². The summed E-state index contributed by atoms with van der Waals surface area (Å²) >= 11 is 7.39. The van der Waals surface area contributed by atoms with Gasteiger partial charge in [-0.3, -0.25) is 0 Å². The molecular weight excluding hydrogens is 283 g/mol. The van der Waals surface area contributed by atoms with E-state index < -0.39 is 5.69 Å². The first-order chi connectivity index (χ1) is 8.33. The standard InChI is InChI=1S/C13H29O2PS2/c1-7-12(5)14-16(17,15-13(6)8-2)18-10-9-11(3)4/h11-13H,7-10H2,1-6H3. The van der Waals surface area contributed by atoms with E-state index in [2.05, 4.69) is 41.5 Å². The Morgan fingerprint density at radius 3 is 1.78 bits per heavy atom. The molecule has 0 rings (SSSR count). The Hall–Kier alpha value is 0.920. The molecule has 0 bridgehead atoms. The molecule has 2 unspecified atom stereocenters. The first-order valence-electron chi connectivity index (χ1n) is 6.94. The lowest BCUT2D eigenvalue weighted by Gasteiger charge is -2.27. The van der Waals surface area contributed by atoms with E-state index in [4.69, 9.17) is 20.9 Å². The van der Waals surface area contributed by atoms with E-state index in [9.17, 15) is 0 Å². The molecule has 0 spiro atoms. The summed E-state index contributed by atoms with van der Waals surface area (Å²) in [5.74, 6) is 1.73. The zero-order valence-corrected chi connectivity index (χ0v) is 15.2. The van der Waals surface area contributed by atoms with E-state index in [0.29, 0.717) is 5.92 Å². The molecule has 0 aliphatic heterocycles. The summed E-state index contributed by atoms with van der Waals surface area (Å²) in [7, 11) is 0. The van der Waals surface area contributed by atoms with Crippen LogP contribution in [0, 0.1) is 5.92 Å². The maximum Gasteiger partial charge on any atom is 0.247 e. The monoisotopic (exact) mass is 312 g/mol. The van der Waals surface area contributed by atoms with Crippen LogP contribution < -0.4 is 0 Å². The van der Waals surface area contributed by atoms with Crippen LogP contribution in [0.4, 0.5) is 0 Å². The Bertz CT molecular complexity index is 243. The highest BCUT2D eigenvalue weighted by Crippen LogP contribution is 2.63. The molecule has 0 radical (unpaired) electrons. The van der Waals surface area contributed by atoms with Crippen LogP contribution in [0.3, 0.4) is 0 Å². The van der Waals surface area contributed by atoms with Gasteiger partial charge in [-0.2, -0.15) is 0 Å². The number of hydrogen-bond donors (Lipinski definition) is 0. The molecule has 0 heterocycles. The third kappa shape index (κ3) is 8.92. The number of rotatable bonds is 10. The largest absolute Gasteiger partial charge is 0.319 e. The van der Waals surface area contributed by atoms with Crippen molar-refractivity contribution in [3.8, 4) is 0 Å². The lowest BCUT2D eigenvalue weighted by Crippen LogP contribution is -2.10. The molecule has 0 aromatic rings. The molecule has 2 atom stereocenters. The van der Waals surface area contributed by atoms with Crippen LogP contribution in [0.2, 0.25) is 0 Å². The predicted molar refractivity (Wildman–Crippen MR) is 87.9 cm³/mol. The van der Waals surface area contributed by atoms with Crippen LogP contribution in [0.1, 0.15) is 60.8 Å². The Balaban J connectivity index is 4.44. The van der Waals surface area contributed by atoms with Crippen molar-refractivity contribution in [2.24, 2.45) is 5.92 Å². The lowest BCUT2D eigenvalue weighted by atomic mass is 10.2. The molecule has 0 saturated carbocycles. The molecule has 0 aromatic carbocycles. The molecule has 0 saturated heterocycles. The van der Waals surface area contributed by atoms with Crippen LogP contribution in [0.5, 0.6) is 0 Å². The third-order valence-electron chi connectivity index (χ3n) is 2.71. The Kier molecular flexibility index (Phi) is 10.3. The molecule has 0 N–H and O–H groups in total. The van der Waals surface area contributed by atoms with Gasteiger partial charge in [-0.25, -0.2) is 0 Å². The van der Waals surface area contributed by atoms with Crippen molar-refractivity contribution in [2.75, 3.05) is 5.75 Å². The third-order valence-corrected chi connectivity index (χ3v) is 8.16. The average Bonchev–Trinajstić information content (AvgIpc) is 2.27. The fourth-order valence-corrected chi connectivity index (χ4v) is 7.01. The van der Waals surface area contributed by atoms with Gasteiger partial charge in [0.1, 0.15) is 0 Å². The first kappa shape index (κ1) is 18.9. The Labute approximate surface area is 123 Å². The fraction of sp³-hybridized carbons (Fsp3) is 1.00. The van der Waals surface area contributed by atoms with E-state index in [-0.39, 0.29) is 12.2 Å². The summed E-state index contributed by atoms with van der Waals surface area (Å²) in [5.41, 5.74) is -2.17. The summed E-state index contributed by atoms with van der Waals surface area (Å²) in [5, 5.41) is 0. The highest BCUT2D eigenvalue weighted by atomic mass is 32.9. The van der Waals surface area contributed by atoms with Crippen LogP contribution in [0.15, 0.2) is 0 Å². The van der Waals surface area contributed by atoms with Crippen LogP contribution in [-0.2, 0) is 20.9 Å². The maximum atomic E-state index is 6.01. The second-order valence-electron chi connectivity index (χ2n) is 5.11. The summed E-state index contributed by atoms with van der Waals surface area (Å²) in [6, 6.07) is 0. The van der Waals surface area contributed by atoms with Crippen molar-refractivity contribution in [3.05, 3.63) is 0 Å². The van der Waals surface area contributed by atoms with Crippen molar-refractivity contribution in [1.82, 2.24) is 0 Å². The van der Waals surface area contributed by atoms with Gasteiger partial charge in [0.15, 0.2) is 0 Å². The normalized spacial score (nSPS) is 18.6. The van der Waals surface area contributed by atoms with E-state index in [1.54, 1.807) is 11.4 Å². The lowest BCUT2D eigenvalue weighted by molar-refractivity contribution is 0.163. The fourth-order valence-electron chi connectivity index (χ4n) is 1.08. The molecule has 18 heavy (non-hydrogen) atoms. The topological polar surface area (TPSA) is 18.5 Å². The van der Waals surface area contributed by atoms with E-state index in [1.807, 2.05) is 0 Å². The summed E-state index contributed by atoms with van der Waals surface area (Å²) in [4.78, 5) is 0. The number of hydrogen-bond acceptors (Lipinski definition) is 4. The van der Waals surface area contributed by atoms with Crippen molar-refractivity contribution in [2.45, 2.75) is 73.0 Å². The maximum absolute atomic E-state index is 6.01. The van der Waals surface area contributed by atoms with E-state index in [0.717, 1.165) is 25.0 Å². The van der Waals surface area contributed by atoms with Crippen molar-refractivity contribution in [3.63, 3.8) is 0 Å². The van der Waals surface area contributed by atoms with Gasteiger partial charge >= 0.3 is 0 Å². The van der Waals surface area contributed by atoms with E-state index in [1.165, 1.54) is 0 Å². The molecule has 5 heteroatoms. The average molecular weight is 312 g/mol. The Morgan fingerprint density at radius 1 is 1.00 bits per heavy atom. The zero-order valence-electron chi connectivity index (χ0n) is 12.6. The molecule has 0 aromatic heterocycles. The second kappa shape index (κ2) is 9.77. The highest BCUT2D eigenvalue weighted by molar-refractivity contribution is 8.67. The first-order valence-corrected chi connectivity index (χ1v) is 11.2. The van der Waals surface area contributed by atoms with Gasteiger partial charge in [-0.05, 0) is 50.8 Å². The smallest absolute Gasteiger partial charge is 0.247 e. The van der Waals surface area contributed by atoms with Gasteiger partial charge in [-0.15, -0.1) is 0 Å². The predicted octanol–water partition coefficient (Wildman–Crippen LogP) is 5.62. The minimum absolute atomic E-state index is 0.187. The van der Waals surface area contributed by atoms with Gasteiger partial charge in [-0.1, -0.05) is 39.1 Å². The van der Waals surface area contributed by atoms with Gasteiger partial charge in [0.05, 0.1) is 12.2 Å². The minimum Gasteiger partial charge on any atom is -0.319 e. The van der Waals surface area contributed by atoms with Gasteiger partial charge < -0.3 is 9.05 Å². The summed E-state index contributed by atoms with van der Waals surface area (Å²) < 4.78 is 12.0. The highest BCUT2D eigenvalue weighted by Gasteiger charge is 2.24. The SMILES string of the molecule is CCC(C)OP(=S)(OC(C)CC)SCCC(C)C. The van der Waals surface area contributed by atoms with Crippen molar-refractivity contribution < 1.29 is 9.05 Å². The molecule has 0 aliphatic carbocycles. The van der Waals surface area contributed by atoms with Crippen molar-refractivity contribution >= 4 is 28.9 Å². The quantitative estimate of drug-likeness (QED) is 0.487. The molecule has 110 valence electrons. The van der Waals surface area contributed by atoms with Crippen LogP contribution in [-0.4, -0.2) is 18.0 Å².